The predicted molar refractivity (Wildman–Crippen MR) is 61.2 cm³/mol. The minimum Gasteiger partial charge on any atom is -0.437 e. The standard InChI is InChI=1S/C11H19N3O2/c1-11(2,3)8-7-14-10(16-8)9(15)13-6-4-5-12/h7H,4-6,12H2,1-3H3,(H,13,15). The van der Waals surface area contributed by atoms with E-state index in [0.29, 0.717) is 18.8 Å². The van der Waals surface area contributed by atoms with Crippen LogP contribution in [0.15, 0.2) is 10.6 Å². The van der Waals surface area contributed by atoms with Crippen molar-refractivity contribution < 1.29 is 9.21 Å². The fraction of sp³-hybridized carbons (Fsp3) is 0.636. The molecule has 1 aromatic rings. The highest BCUT2D eigenvalue weighted by Crippen LogP contribution is 2.22. The second-order valence-electron chi connectivity index (χ2n) is 4.68. The van der Waals surface area contributed by atoms with Gasteiger partial charge in [-0.1, -0.05) is 20.8 Å². The van der Waals surface area contributed by atoms with Crippen LogP contribution in [-0.2, 0) is 5.41 Å². The number of nitrogens with one attached hydrogen (secondary N) is 1. The van der Waals surface area contributed by atoms with E-state index in [1.165, 1.54) is 0 Å². The summed E-state index contributed by atoms with van der Waals surface area (Å²) in [5.74, 6) is 0.530. The molecular weight excluding hydrogens is 206 g/mol. The lowest BCUT2D eigenvalue weighted by molar-refractivity contribution is 0.0915. The lowest BCUT2D eigenvalue weighted by Gasteiger charge is -2.12. The van der Waals surface area contributed by atoms with Crippen molar-refractivity contribution in [3.05, 3.63) is 17.8 Å². The summed E-state index contributed by atoms with van der Waals surface area (Å²) in [5.41, 5.74) is 5.19. The number of carbonyl (C=O) groups is 1. The van der Waals surface area contributed by atoms with Gasteiger partial charge >= 0.3 is 5.91 Å². The third-order valence-electron chi connectivity index (χ3n) is 2.11. The zero-order valence-corrected chi connectivity index (χ0v) is 10.0. The number of nitrogens with two attached hydrogens (primary N) is 1. The Labute approximate surface area is 95.4 Å². The number of aromatic nitrogens is 1. The van der Waals surface area contributed by atoms with Gasteiger partial charge in [0.05, 0.1) is 6.20 Å². The summed E-state index contributed by atoms with van der Waals surface area (Å²) >= 11 is 0. The Morgan fingerprint density at radius 1 is 1.56 bits per heavy atom. The Morgan fingerprint density at radius 3 is 2.75 bits per heavy atom. The first-order chi connectivity index (χ1) is 7.45. The Morgan fingerprint density at radius 2 is 2.25 bits per heavy atom. The van der Waals surface area contributed by atoms with Gasteiger partial charge in [0.2, 0.25) is 0 Å². The topological polar surface area (TPSA) is 81.2 Å². The van der Waals surface area contributed by atoms with Gasteiger partial charge in [-0.2, -0.15) is 0 Å². The number of rotatable bonds is 4. The molecule has 0 radical (unpaired) electrons. The lowest BCUT2D eigenvalue weighted by atomic mass is 9.94. The SMILES string of the molecule is CC(C)(C)c1cnc(C(=O)NCCCN)o1. The number of amides is 1. The first kappa shape index (κ1) is 12.7. The molecule has 1 aromatic heterocycles. The molecule has 16 heavy (non-hydrogen) atoms. The van der Waals surface area contributed by atoms with Crippen molar-refractivity contribution in [3.63, 3.8) is 0 Å². The van der Waals surface area contributed by atoms with Crippen LogP contribution in [0.25, 0.3) is 0 Å². The van der Waals surface area contributed by atoms with Crippen molar-refractivity contribution in [1.29, 1.82) is 0 Å². The van der Waals surface area contributed by atoms with Crippen molar-refractivity contribution in [1.82, 2.24) is 10.3 Å². The van der Waals surface area contributed by atoms with E-state index in [0.717, 1.165) is 6.42 Å². The molecule has 0 fully saturated rings. The zero-order chi connectivity index (χ0) is 12.2. The van der Waals surface area contributed by atoms with Crippen molar-refractivity contribution in [2.24, 2.45) is 5.73 Å². The molecule has 5 heteroatoms. The summed E-state index contributed by atoms with van der Waals surface area (Å²) in [4.78, 5) is 15.5. The van der Waals surface area contributed by atoms with Gasteiger partial charge in [-0.05, 0) is 13.0 Å². The van der Waals surface area contributed by atoms with Crippen molar-refractivity contribution in [3.8, 4) is 0 Å². The number of hydrogen-bond donors (Lipinski definition) is 2. The van der Waals surface area contributed by atoms with Crippen molar-refractivity contribution >= 4 is 5.91 Å². The molecule has 0 atom stereocenters. The van der Waals surface area contributed by atoms with E-state index in [-0.39, 0.29) is 17.2 Å². The average molecular weight is 225 g/mol. The monoisotopic (exact) mass is 225 g/mol. The molecule has 0 saturated carbocycles. The van der Waals surface area contributed by atoms with Crippen LogP contribution in [0.2, 0.25) is 0 Å². The van der Waals surface area contributed by atoms with Gasteiger partial charge < -0.3 is 15.5 Å². The molecule has 90 valence electrons. The van der Waals surface area contributed by atoms with E-state index in [1.807, 2.05) is 20.8 Å². The van der Waals surface area contributed by atoms with Crippen LogP contribution in [-0.4, -0.2) is 24.0 Å². The molecule has 0 saturated heterocycles. The summed E-state index contributed by atoms with van der Waals surface area (Å²) in [5, 5.41) is 2.69. The maximum atomic E-state index is 11.6. The van der Waals surface area contributed by atoms with Crippen LogP contribution >= 0.6 is 0 Å². The smallest absolute Gasteiger partial charge is 0.307 e. The van der Waals surface area contributed by atoms with E-state index >= 15 is 0 Å². The van der Waals surface area contributed by atoms with E-state index in [4.69, 9.17) is 10.2 Å². The minimum absolute atomic E-state index is 0.113. The number of carbonyl (C=O) groups excluding carboxylic acids is 1. The third-order valence-corrected chi connectivity index (χ3v) is 2.11. The largest absolute Gasteiger partial charge is 0.437 e. The molecule has 3 N–H and O–H groups in total. The first-order valence-electron chi connectivity index (χ1n) is 5.39. The number of nitrogens with zero attached hydrogens (tertiary/aromatic N) is 1. The molecule has 0 aromatic carbocycles. The normalized spacial score (nSPS) is 11.5. The molecule has 0 spiro atoms. The number of hydrogen-bond acceptors (Lipinski definition) is 4. The second kappa shape index (κ2) is 5.12. The van der Waals surface area contributed by atoms with Gasteiger partial charge in [-0.3, -0.25) is 4.79 Å². The van der Waals surface area contributed by atoms with E-state index < -0.39 is 0 Å². The molecule has 0 aliphatic heterocycles. The van der Waals surface area contributed by atoms with E-state index in [1.54, 1.807) is 6.20 Å². The molecule has 0 aliphatic rings. The number of oxazole rings is 1. The third kappa shape index (κ3) is 3.34. The van der Waals surface area contributed by atoms with Gasteiger partial charge in [0.1, 0.15) is 5.76 Å². The van der Waals surface area contributed by atoms with Crippen LogP contribution in [0, 0.1) is 0 Å². The maximum absolute atomic E-state index is 11.6. The van der Waals surface area contributed by atoms with Gasteiger partial charge in [0, 0.05) is 12.0 Å². The first-order valence-corrected chi connectivity index (χ1v) is 5.39. The van der Waals surface area contributed by atoms with Crippen LogP contribution < -0.4 is 11.1 Å². The van der Waals surface area contributed by atoms with Gasteiger partial charge in [-0.25, -0.2) is 4.98 Å². The van der Waals surface area contributed by atoms with Crippen LogP contribution in [0.5, 0.6) is 0 Å². The zero-order valence-electron chi connectivity index (χ0n) is 10.0. The highest BCUT2D eigenvalue weighted by atomic mass is 16.4. The molecule has 5 nitrogen and oxygen atoms in total. The highest BCUT2D eigenvalue weighted by Gasteiger charge is 2.21. The Bertz CT molecular complexity index is 352. The van der Waals surface area contributed by atoms with Gasteiger partial charge in [0.15, 0.2) is 0 Å². The minimum atomic E-state index is -0.288. The summed E-state index contributed by atoms with van der Waals surface area (Å²) in [6.07, 6.45) is 2.34. The highest BCUT2D eigenvalue weighted by molar-refractivity contribution is 5.89. The fourth-order valence-electron chi connectivity index (χ4n) is 1.11. The van der Waals surface area contributed by atoms with Crippen LogP contribution in [0.4, 0.5) is 0 Å². The van der Waals surface area contributed by atoms with Crippen molar-refractivity contribution in [2.75, 3.05) is 13.1 Å². The summed E-state index contributed by atoms with van der Waals surface area (Å²) < 4.78 is 5.39. The Kier molecular flexibility index (Phi) is 4.06. The molecule has 1 heterocycles. The quantitative estimate of drug-likeness (QED) is 0.750. The lowest BCUT2D eigenvalue weighted by Crippen LogP contribution is -2.26. The van der Waals surface area contributed by atoms with Crippen molar-refractivity contribution in [2.45, 2.75) is 32.6 Å². The average Bonchev–Trinajstić information content (AvgIpc) is 2.66. The molecule has 1 rings (SSSR count). The maximum Gasteiger partial charge on any atom is 0.307 e. The van der Waals surface area contributed by atoms with Crippen LogP contribution in [0.1, 0.15) is 43.6 Å². The van der Waals surface area contributed by atoms with Crippen LogP contribution in [0.3, 0.4) is 0 Å². The molecule has 1 amide bonds. The molecule has 0 bridgehead atoms. The van der Waals surface area contributed by atoms with Gasteiger partial charge in [-0.15, -0.1) is 0 Å². The second-order valence-corrected chi connectivity index (χ2v) is 4.68. The van der Waals surface area contributed by atoms with Gasteiger partial charge in [0.25, 0.3) is 5.89 Å². The molecule has 0 unspecified atom stereocenters. The molecular formula is C11H19N3O2. The fourth-order valence-corrected chi connectivity index (χ4v) is 1.11. The summed E-state index contributed by atoms with van der Waals surface area (Å²) in [6.45, 7) is 7.11. The van der Waals surface area contributed by atoms with E-state index in [2.05, 4.69) is 10.3 Å². The Hall–Kier alpha value is -1.36. The molecule has 0 aliphatic carbocycles. The summed E-state index contributed by atoms with van der Waals surface area (Å²) in [7, 11) is 0. The predicted octanol–water partition coefficient (Wildman–Crippen LogP) is 1.05. The summed E-state index contributed by atoms with van der Waals surface area (Å²) in [6, 6.07) is 0. The van der Waals surface area contributed by atoms with E-state index in [9.17, 15) is 4.79 Å². The Balaban J connectivity index is 2.60.